The fourth-order valence-electron chi connectivity index (χ4n) is 2.95. The number of carbonyl (C=O) groups excluding carboxylic acids is 1. The van der Waals surface area contributed by atoms with Gasteiger partial charge in [-0.25, -0.2) is 4.79 Å². The Kier molecular flexibility index (Phi) is 4.93. The van der Waals surface area contributed by atoms with Crippen LogP contribution >= 0.6 is 0 Å². The van der Waals surface area contributed by atoms with Crippen LogP contribution in [0.15, 0.2) is 54.6 Å². The molecule has 120 valence electrons. The normalized spacial score (nSPS) is 20.7. The number of carbonyl (C=O) groups is 1. The van der Waals surface area contributed by atoms with E-state index < -0.39 is 0 Å². The maximum atomic E-state index is 12.0. The van der Waals surface area contributed by atoms with Gasteiger partial charge in [0.2, 0.25) is 0 Å². The van der Waals surface area contributed by atoms with Crippen molar-refractivity contribution >= 4 is 11.7 Å². The molecule has 4 heteroatoms. The van der Waals surface area contributed by atoms with Crippen molar-refractivity contribution in [3.8, 4) is 11.1 Å². The molecule has 1 saturated carbocycles. The summed E-state index contributed by atoms with van der Waals surface area (Å²) in [5.41, 5.74) is 3.06. The van der Waals surface area contributed by atoms with Crippen LogP contribution in [0, 0.1) is 0 Å². The first-order valence-corrected chi connectivity index (χ1v) is 8.12. The van der Waals surface area contributed by atoms with Crippen molar-refractivity contribution < 1.29 is 9.90 Å². The van der Waals surface area contributed by atoms with E-state index in [2.05, 4.69) is 22.8 Å². The summed E-state index contributed by atoms with van der Waals surface area (Å²) in [5.74, 6) is 0. The van der Waals surface area contributed by atoms with Gasteiger partial charge in [-0.1, -0.05) is 42.5 Å². The predicted molar refractivity (Wildman–Crippen MR) is 92.3 cm³/mol. The molecule has 0 radical (unpaired) electrons. The van der Waals surface area contributed by atoms with Crippen LogP contribution in [0.5, 0.6) is 0 Å². The zero-order valence-corrected chi connectivity index (χ0v) is 13.0. The highest BCUT2D eigenvalue weighted by molar-refractivity contribution is 5.89. The highest BCUT2D eigenvalue weighted by Gasteiger charge is 2.20. The molecule has 0 aromatic heterocycles. The molecule has 0 saturated heterocycles. The Morgan fingerprint density at radius 3 is 2.13 bits per heavy atom. The summed E-state index contributed by atoms with van der Waals surface area (Å²) >= 11 is 0. The molecule has 2 amide bonds. The Morgan fingerprint density at radius 1 is 0.870 bits per heavy atom. The van der Waals surface area contributed by atoms with Gasteiger partial charge < -0.3 is 15.7 Å². The molecule has 1 fully saturated rings. The van der Waals surface area contributed by atoms with E-state index in [-0.39, 0.29) is 18.2 Å². The summed E-state index contributed by atoms with van der Waals surface area (Å²) in [5, 5.41) is 15.3. The fraction of sp³-hybridized carbons (Fsp3) is 0.316. The number of amides is 2. The van der Waals surface area contributed by atoms with E-state index in [1.54, 1.807) is 0 Å². The van der Waals surface area contributed by atoms with E-state index in [9.17, 15) is 9.90 Å². The minimum atomic E-state index is -0.207. The Balaban J connectivity index is 1.55. The largest absolute Gasteiger partial charge is 0.393 e. The molecule has 0 unspecified atom stereocenters. The van der Waals surface area contributed by atoms with Crippen molar-refractivity contribution in [2.75, 3.05) is 5.32 Å². The summed E-state index contributed by atoms with van der Waals surface area (Å²) in [6.07, 6.45) is 2.98. The average molecular weight is 310 g/mol. The standard InChI is InChI=1S/C19H22N2O2/c22-18-12-10-17(11-13-18)21-19(23)20-16-8-6-15(7-9-16)14-4-2-1-3-5-14/h1-9,17-18,22H,10-13H2,(H2,20,21,23). The van der Waals surface area contributed by atoms with Crippen molar-refractivity contribution in [3.63, 3.8) is 0 Å². The van der Waals surface area contributed by atoms with Crippen molar-refractivity contribution in [2.45, 2.75) is 37.8 Å². The number of hydrogen-bond donors (Lipinski definition) is 3. The van der Waals surface area contributed by atoms with Crippen LogP contribution in [0.2, 0.25) is 0 Å². The van der Waals surface area contributed by atoms with Gasteiger partial charge in [-0.3, -0.25) is 0 Å². The minimum Gasteiger partial charge on any atom is -0.393 e. The Morgan fingerprint density at radius 2 is 1.48 bits per heavy atom. The zero-order valence-electron chi connectivity index (χ0n) is 13.0. The number of urea groups is 1. The Labute approximate surface area is 136 Å². The summed E-state index contributed by atoms with van der Waals surface area (Å²) in [4.78, 5) is 12.0. The lowest BCUT2D eigenvalue weighted by Gasteiger charge is -2.26. The Hall–Kier alpha value is -2.33. The molecule has 23 heavy (non-hydrogen) atoms. The average Bonchev–Trinajstić information content (AvgIpc) is 2.58. The van der Waals surface area contributed by atoms with Gasteiger partial charge in [0.1, 0.15) is 0 Å². The topological polar surface area (TPSA) is 61.4 Å². The van der Waals surface area contributed by atoms with Gasteiger partial charge in [0.05, 0.1) is 6.10 Å². The lowest BCUT2D eigenvalue weighted by atomic mass is 9.93. The van der Waals surface area contributed by atoms with E-state index in [1.165, 1.54) is 0 Å². The van der Waals surface area contributed by atoms with Crippen molar-refractivity contribution in [3.05, 3.63) is 54.6 Å². The second kappa shape index (κ2) is 7.29. The molecule has 1 aliphatic rings. The van der Waals surface area contributed by atoms with Gasteiger partial charge in [-0.05, 0) is 48.9 Å². The van der Waals surface area contributed by atoms with Gasteiger partial charge in [-0.2, -0.15) is 0 Å². The molecule has 0 aliphatic heterocycles. The molecule has 3 N–H and O–H groups in total. The number of nitrogens with one attached hydrogen (secondary N) is 2. The van der Waals surface area contributed by atoms with E-state index in [1.807, 2.05) is 42.5 Å². The molecular formula is C19H22N2O2. The quantitative estimate of drug-likeness (QED) is 0.808. The molecule has 0 atom stereocenters. The van der Waals surface area contributed by atoms with Crippen LogP contribution in [0.1, 0.15) is 25.7 Å². The van der Waals surface area contributed by atoms with E-state index in [4.69, 9.17) is 0 Å². The van der Waals surface area contributed by atoms with Crippen molar-refractivity contribution in [1.82, 2.24) is 5.32 Å². The van der Waals surface area contributed by atoms with Gasteiger partial charge in [-0.15, -0.1) is 0 Å². The fourth-order valence-corrected chi connectivity index (χ4v) is 2.95. The second-order valence-electron chi connectivity index (χ2n) is 6.05. The first-order valence-electron chi connectivity index (χ1n) is 8.12. The number of aliphatic hydroxyl groups excluding tert-OH is 1. The third-order valence-electron chi connectivity index (χ3n) is 4.28. The summed E-state index contributed by atoms with van der Waals surface area (Å²) in [6, 6.07) is 17.9. The molecule has 1 aliphatic carbocycles. The lowest BCUT2D eigenvalue weighted by molar-refractivity contribution is 0.118. The van der Waals surface area contributed by atoms with Crippen LogP contribution in [-0.4, -0.2) is 23.3 Å². The SMILES string of the molecule is O=C(Nc1ccc(-c2ccccc2)cc1)NC1CCC(O)CC1. The molecule has 3 rings (SSSR count). The maximum Gasteiger partial charge on any atom is 0.319 e. The number of benzene rings is 2. The third-order valence-corrected chi connectivity index (χ3v) is 4.28. The number of rotatable bonds is 3. The highest BCUT2D eigenvalue weighted by Crippen LogP contribution is 2.21. The van der Waals surface area contributed by atoms with E-state index in [0.717, 1.165) is 42.5 Å². The van der Waals surface area contributed by atoms with Crippen LogP contribution in [0.25, 0.3) is 11.1 Å². The van der Waals surface area contributed by atoms with Gasteiger partial charge in [0.25, 0.3) is 0 Å². The zero-order chi connectivity index (χ0) is 16.1. The van der Waals surface area contributed by atoms with Crippen LogP contribution in [-0.2, 0) is 0 Å². The van der Waals surface area contributed by atoms with Gasteiger partial charge >= 0.3 is 6.03 Å². The first-order chi connectivity index (χ1) is 11.2. The molecule has 0 heterocycles. The summed E-state index contributed by atoms with van der Waals surface area (Å²) in [6.45, 7) is 0. The molecule has 4 nitrogen and oxygen atoms in total. The molecule has 2 aromatic carbocycles. The lowest BCUT2D eigenvalue weighted by Crippen LogP contribution is -2.40. The molecule has 0 bridgehead atoms. The van der Waals surface area contributed by atoms with Crippen molar-refractivity contribution in [1.29, 1.82) is 0 Å². The molecular weight excluding hydrogens is 288 g/mol. The van der Waals surface area contributed by atoms with Gasteiger partial charge in [0.15, 0.2) is 0 Å². The monoisotopic (exact) mass is 310 g/mol. The minimum absolute atomic E-state index is 0.155. The van der Waals surface area contributed by atoms with E-state index >= 15 is 0 Å². The predicted octanol–water partition coefficient (Wildman–Crippen LogP) is 3.78. The summed E-state index contributed by atoms with van der Waals surface area (Å²) < 4.78 is 0. The van der Waals surface area contributed by atoms with Crippen LogP contribution < -0.4 is 10.6 Å². The molecule has 0 spiro atoms. The highest BCUT2D eigenvalue weighted by atomic mass is 16.3. The van der Waals surface area contributed by atoms with Crippen molar-refractivity contribution in [2.24, 2.45) is 0 Å². The maximum absolute atomic E-state index is 12.0. The molecule has 2 aromatic rings. The second-order valence-corrected chi connectivity index (χ2v) is 6.05. The number of aliphatic hydroxyl groups is 1. The van der Waals surface area contributed by atoms with Crippen LogP contribution in [0.4, 0.5) is 10.5 Å². The first kappa shape index (κ1) is 15.6. The van der Waals surface area contributed by atoms with Crippen LogP contribution in [0.3, 0.4) is 0 Å². The number of anilines is 1. The summed E-state index contributed by atoms with van der Waals surface area (Å²) in [7, 11) is 0. The Bertz CT molecular complexity index is 632. The van der Waals surface area contributed by atoms with Gasteiger partial charge in [0, 0.05) is 11.7 Å². The smallest absolute Gasteiger partial charge is 0.319 e. The third kappa shape index (κ3) is 4.33. The van der Waals surface area contributed by atoms with E-state index in [0.29, 0.717) is 0 Å². The number of hydrogen-bond acceptors (Lipinski definition) is 2.